The van der Waals surface area contributed by atoms with Crippen LogP contribution in [0.4, 0.5) is 0 Å². The maximum absolute atomic E-state index is 7.58. The average molecular weight is 304 g/mol. The lowest BCUT2D eigenvalue weighted by Crippen LogP contribution is -1.95. The molecule has 0 aliphatic heterocycles. The van der Waals surface area contributed by atoms with Crippen molar-refractivity contribution in [1.82, 2.24) is 0 Å². The average Bonchev–Trinajstić information content (AvgIpc) is 2.18. The van der Waals surface area contributed by atoms with Gasteiger partial charge in [-0.25, -0.2) is 0 Å². The van der Waals surface area contributed by atoms with Crippen LogP contribution in [0, 0.1) is 5.41 Å². The molecule has 0 aromatic heterocycles. The number of halogens is 1. The highest BCUT2D eigenvalue weighted by molar-refractivity contribution is 14.2. The summed E-state index contributed by atoms with van der Waals surface area (Å²) in [5.41, 5.74) is 6.52. The first-order chi connectivity index (χ1) is 6.27. The van der Waals surface area contributed by atoms with Crippen LogP contribution in [-0.4, -0.2) is 5.71 Å². The van der Waals surface area contributed by atoms with Gasteiger partial charge in [0.1, 0.15) is 0 Å². The molecule has 0 bridgehead atoms. The van der Waals surface area contributed by atoms with Crippen LogP contribution < -0.4 is 5.73 Å². The zero-order chi connectivity index (χ0) is 9.68. The van der Waals surface area contributed by atoms with Gasteiger partial charge >= 0.3 is 0 Å². The highest BCUT2D eigenvalue weighted by Crippen LogP contribution is 2.24. The topological polar surface area (TPSA) is 49.9 Å². The summed E-state index contributed by atoms with van der Waals surface area (Å²) in [6.07, 6.45) is 2.95. The predicted octanol–water partition coefficient (Wildman–Crippen LogP) is 2.97. The van der Waals surface area contributed by atoms with Crippen LogP contribution in [0.15, 0.2) is 41.4 Å². The number of hydrogen-bond donors (Lipinski definition) is 2. The van der Waals surface area contributed by atoms with Crippen LogP contribution in [-0.2, 0) is 0 Å². The van der Waals surface area contributed by atoms with Gasteiger partial charge in [0, 0.05) is 26.1 Å². The quantitative estimate of drug-likeness (QED) is 0.666. The Morgan fingerprint density at radius 1 is 1.38 bits per heavy atom. The zero-order valence-electron chi connectivity index (χ0n) is 6.83. The maximum Gasteiger partial charge on any atom is 0.0626 e. The molecule has 0 unspecified atom stereocenters. The number of rotatable bonds is 3. The molecule has 1 rings (SSSR count). The number of benzene rings is 1. The molecule has 0 saturated carbocycles. The zero-order valence-corrected chi connectivity index (χ0v) is 9.80. The van der Waals surface area contributed by atoms with Crippen LogP contribution in [0.25, 0.3) is 0 Å². The van der Waals surface area contributed by atoms with E-state index in [9.17, 15) is 0 Å². The first-order valence-corrected chi connectivity index (χ1v) is 6.99. The second-order valence-electron chi connectivity index (χ2n) is 2.37. The van der Waals surface area contributed by atoms with Gasteiger partial charge in [0.15, 0.2) is 0 Å². The first kappa shape index (κ1) is 10.6. The largest absolute Gasteiger partial charge is 0.405 e. The highest BCUT2D eigenvalue weighted by atomic mass is 127. The third kappa shape index (κ3) is 3.04. The fourth-order valence-corrected chi connectivity index (χ4v) is 2.00. The summed E-state index contributed by atoms with van der Waals surface area (Å²) in [6.45, 7) is 0. The standard InChI is InChI=1S/C9H9IN2S/c10-13-8-3-1-7(2-4-8)9(12)5-6-11/h1-6,12H,11H2/b6-5-,12-9?. The Kier molecular flexibility index (Phi) is 4.31. The number of nitrogens with one attached hydrogen (secondary N) is 1. The number of hydrogen-bond acceptors (Lipinski definition) is 3. The van der Waals surface area contributed by atoms with Gasteiger partial charge in [-0.15, -0.1) is 0 Å². The van der Waals surface area contributed by atoms with E-state index in [1.54, 1.807) is 15.0 Å². The fourth-order valence-electron chi connectivity index (χ4n) is 0.878. The summed E-state index contributed by atoms with van der Waals surface area (Å²) in [4.78, 5) is 1.19. The molecule has 3 N–H and O–H groups in total. The fraction of sp³-hybridized carbons (Fsp3) is 0. The van der Waals surface area contributed by atoms with Gasteiger partial charge < -0.3 is 11.1 Å². The lowest BCUT2D eigenvalue weighted by atomic mass is 10.1. The molecule has 2 nitrogen and oxygen atoms in total. The Morgan fingerprint density at radius 3 is 2.46 bits per heavy atom. The van der Waals surface area contributed by atoms with Gasteiger partial charge in [0.25, 0.3) is 0 Å². The molecule has 13 heavy (non-hydrogen) atoms. The summed E-state index contributed by atoms with van der Waals surface area (Å²) in [5, 5.41) is 7.58. The van der Waals surface area contributed by atoms with E-state index in [4.69, 9.17) is 11.1 Å². The van der Waals surface area contributed by atoms with Crippen molar-refractivity contribution in [3.63, 3.8) is 0 Å². The SMILES string of the molecule is N=C(/C=C\N)c1ccc(SI)cc1. The monoisotopic (exact) mass is 304 g/mol. The summed E-state index contributed by atoms with van der Waals surface area (Å²) >= 11 is 2.23. The van der Waals surface area contributed by atoms with Crippen LogP contribution >= 0.6 is 30.1 Å². The molecular weight excluding hydrogens is 295 g/mol. The first-order valence-electron chi connectivity index (χ1n) is 3.64. The smallest absolute Gasteiger partial charge is 0.0626 e. The van der Waals surface area contributed by atoms with Gasteiger partial charge in [0.05, 0.1) is 5.71 Å². The molecule has 0 fully saturated rings. The second-order valence-corrected chi connectivity index (χ2v) is 4.32. The molecule has 4 heteroatoms. The molecular formula is C9H9IN2S. The Bertz CT molecular complexity index is 319. The van der Waals surface area contributed by atoms with Gasteiger partial charge in [-0.05, 0) is 30.0 Å². The summed E-state index contributed by atoms with van der Waals surface area (Å²) < 4.78 is 0. The molecule has 0 spiro atoms. The van der Waals surface area contributed by atoms with Gasteiger partial charge in [-0.1, -0.05) is 21.1 Å². The normalized spacial score (nSPS) is 10.5. The lowest BCUT2D eigenvalue weighted by Gasteiger charge is -1.99. The van der Waals surface area contributed by atoms with Gasteiger partial charge in [0.2, 0.25) is 0 Å². The molecule has 0 saturated heterocycles. The third-order valence-electron chi connectivity index (χ3n) is 1.52. The van der Waals surface area contributed by atoms with Crippen molar-refractivity contribution in [2.75, 3.05) is 0 Å². The van der Waals surface area contributed by atoms with Crippen molar-refractivity contribution in [2.45, 2.75) is 4.90 Å². The van der Waals surface area contributed by atoms with Gasteiger partial charge in [-0.2, -0.15) is 0 Å². The lowest BCUT2D eigenvalue weighted by molar-refractivity contribution is 1.43. The Labute approximate surface area is 93.7 Å². The summed E-state index contributed by atoms with van der Waals surface area (Å²) in [6, 6.07) is 7.82. The van der Waals surface area contributed by atoms with Crippen molar-refractivity contribution >= 4 is 35.9 Å². The molecule has 0 heterocycles. The molecule has 0 aliphatic carbocycles. The van der Waals surface area contributed by atoms with E-state index in [0.29, 0.717) is 5.71 Å². The summed E-state index contributed by atoms with van der Waals surface area (Å²) in [7, 11) is 1.66. The maximum atomic E-state index is 7.58. The molecule has 0 amide bonds. The highest BCUT2D eigenvalue weighted by Gasteiger charge is 1.96. The van der Waals surface area contributed by atoms with Crippen molar-refractivity contribution in [2.24, 2.45) is 5.73 Å². The summed E-state index contributed by atoms with van der Waals surface area (Å²) in [5.74, 6) is 0. The molecule has 68 valence electrons. The minimum absolute atomic E-state index is 0.438. The minimum Gasteiger partial charge on any atom is -0.405 e. The third-order valence-corrected chi connectivity index (χ3v) is 3.49. The van der Waals surface area contributed by atoms with Gasteiger partial charge in [-0.3, -0.25) is 0 Å². The van der Waals surface area contributed by atoms with E-state index in [1.807, 2.05) is 24.3 Å². The molecule has 0 aliphatic rings. The van der Waals surface area contributed by atoms with E-state index < -0.39 is 0 Å². The van der Waals surface area contributed by atoms with Crippen LogP contribution in [0.5, 0.6) is 0 Å². The molecule has 1 aromatic carbocycles. The van der Waals surface area contributed by atoms with E-state index in [-0.39, 0.29) is 0 Å². The molecule has 0 atom stereocenters. The number of nitrogens with two attached hydrogens (primary N) is 1. The van der Waals surface area contributed by atoms with E-state index in [0.717, 1.165) is 5.56 Å². The van der Waals surface area contributed by atoms with Crippen molar-refractivity contribution in [3.05, 3.63) is 42.1 Å². The second kappa shape index (κ2) is 5.29. The van der Waals surface area contributed by atoms with Crippen LogP contribution in [0.2, 0.25) is 0 Å². The Hall–Kier alpha value is -0.490. The van der Waals surface area contributed by atoms with Crippen molar-refractivity contribution in [3.8, 4) is 0 Å². The Morgan fingerprint density at radius 2 is 2.00 bits per heavy atom. The molecule has 0 radical (unpaired) electrons. The van der Waals surface area contributed by atoms with Crippen LogP contribution in [0.1, 0.15) is 5.56 Å². The van der Waals surface area contributed by atoms with E-state index in [2.05, 4.69) is 21.2 Å². The van der Waals surface area contributed by atoms with E-state index >= 15 is 0 Å². The van der Waals surface area contributed by atoms with Crippen molar-refractivity contribution in [1.29, 1.82) is 5.41 Å². The predicted molar refractivity (Wildman–Crippen MR) is 66.5 cm³/mol. The number of allylic oxidation sites excluding steroid dienone is 1. The van der Waals surface area contributed by atoms with E-state index in [1.165, 1.54) is 11.1 Å². The van der Waals surface area contributed by atoms with Crippen molar-refractivity contribution < 1.29 is 0 Å². The minimum atomic E-state index is 0.438. The Balaban J connectivity index is 2.85. The van der Waals surface area contributed by atoms with Crippen LogP contribution in [0.3, 0.4) is 0 Å². The molecule has 1 aromatic rings.